The second-order valence-electron chi connectivity index (χ2n) is 8.63. The predicted molar refractivity (Wildman–Crippen MR) is 125 cm³/mol. The number of carbonyl (C=O) groups excluding carboxylic acids is 1. The van der Waals surface area contributed by atoms with E-state index in [1.807, 2.05) is 28.8 Å². The van der Waals surface area contributed by atoms with E-state index in [2.05, 4.69) is 37.4 Å². The van der Waals surface area contributed by atoms with Crippen LogP contribution in [0.15, 0.2) is 42.5 Å². The monoisotopic (exact) mass is 413 g/mol. The molecule has 2 heterocycles. The zero-order valence-corrected chi connectivity index (χ0v) is 18.0. The number of aromatic nitrogens is 3. The predicted octanol–water partition coefficient (Wildman–Crippen LogP) is 4.84. The van der Waals surface area contributed by atoms with Gasteiger partial charge in [0.1, 0.15) is 16.9 Å². The molecule has 0 radical (unpaired) electrons. The number of anilines is 1. The van der Waals surface area contributed by atoms with Crippen molar-refractivity contribution < 1.29 is 4.79 Å². The summed E-state index contributed by atoms with van der Waals surface area (Å²) in [5.41, 5.74) is 12.9. The van der Waals surface area contributed by atoms with Crippen LogP contribution in [0.25, 0.3) is 27.9 Å². The summed E-state index contributed by atoms with van der Waals surface area (Å²) in [7, 11) is 0. The fourth-order valence-corrected chi connectivity index (χ4v) is 4.73. The van der Waals surface area contributed by atoms with Crippen molar-refractivity contribution in [3.05, 3.63) is 59.2 Å². The Morgan fingerprint density at radius 1 is 1.00 bits per heavy atom. The van der Waals surface area contributed by atoms with Crippen LogP contribution in [0.1, 0.15) is 53.6 Å². The minimum Gasteiger partial charge on any atom is -0.384 e. The molecule has 2 aromatic heterocycles. The van der Waals surface area contributed by atoms with Crippen molar-refractivity contribution in [3.63, 3.8) is 0 Å². The molecule has 0 aliphatic heterocycles. The van der Waals surface area contributed by atoms with Gasteiger partial charge in [0.15, 0.2) is 5.65 Å². The van der Waals surface area contributed by atoms with Crippen molar-refractivity contribution in [2.75, 3.05) is 5.73 Å². The second-order valence-corrected chi connectivity index (χ2v) is 8.63. The van der Waals surface area contributed by atoms with E-state index in [9.17, 15) is 4.79 Å². The number of amides is 1. The molecular weight excluding hydrogens is 386 g/mol. The summed E-state index contributed by atoms with van der Waals surface area (Å²) in [6, 6.07) is 14.1. The molecule has 1 fully saturated rings. The van der Waals surface area contributed by atoms with Gasteiger partial charge >= 0.3 is 0 Å². The maximum Gasteiger partial charge on any atom is 0.257 e. The lowest BCUT2D eigenvalue weighted by atomic mass is 9.95. The van der Waals surface area contributed by atoms with E-state index in [-0.39, 0.29) is 11.9 Å². The van der Waals surface area contributed by atoms with E-state index in [0.29, 0.717) is 22.5 Å². The Morgan fingerprint density at radius 2 is 1.65 bits per heavy atom. The van der Waals surface area contributed by atoms with Crippen LogP contribution in [0.3, 0.4) is 0 Å². The number of nitrogens with two attached hydrogens (primary N) is 1. The third-order valence-electron chi connectivity index (χ3n) is 6.13. The van der Waals surface area contributed by atoms with E-state index >= 15 is 0 Å². The van der Waals surface area contributed by atoms with Crippen LogP contribution in [0.5, 0.6) is 0 Å². The molecule has 3 N–H and O–H groups in total. The summed E-state index contributed by atoms with van der Waals surface area (Å²) in [6.07, 6.45) is 5.55. The summed E-state index contributed by atoms with van der Waals surface area (Å²) < 4.78 is 1.87. The third-order valence-corrected chi connectivity index (χ3v) is 6.13. The quantitative estimate of drug-likeness (QED) is 0.503. The normalized spacial score (nSPS) is 14.9. The number of aryl methyl sites for hydroxylation is 2. The van der Waals surface area contributed by atoms with Crippen molar-refractivity contribution in [2.24, 2.45) is 0 Å². The summed E-state index contributed by atoms with van der Waals surface area (Å²) in [6.45, 7) is 4.10. The van der Waals surface area contributed by atoms with Crippen LogP contribution >= 0.6 is 0 Å². The highest BCUT2D eigenvalue weighted by molar-refractivity contribution is 6.11. The Labute approximate surface area is 181 Å². The number of nitrogens with one attached hydrogen (secondary N) is 1. The van der Waals surface area contributed by atoms with Gasteiger partial charge in [0, 0.05) is 11.7 Å². The Morgan fingerprint density at radius 3 is 2.32 bits per heavy atom. The van der Waals surface area contributed by atoms with Gasteiger partial charge in [-0.2, -0.15) is 0 Å². The molecular formula is C25H27N5O. The van der Waals surface area contributed by atoms with Crippen LogP contribution in [-0.4, -0.2) is 26.5 Å². The molecule has 1 amide bonds. The highest BCUT2D eigenvalue weighted by atomic mass is 16.1. The number of nitrogen functional groups attached to an aromatic ring is 1. The molecule has 0 saturated heterocycles. The lowest BCUT2D eigenvalue weighted by Gasteiger charge is -2.22. The van der Waals surface area contributed by atoms with Crippen molar-refractivity contribution in [1.82, 2.24) is 19.9 Å². The lowest BCUT2D eigenvalue weighted by molar-refractivity contribution is 0.0930. The molecule has 0 unspecified atom stereocenters. The first kappa shape index (κ1) is 19.5. The number of benzene rings is 2. The van der Waals surface area contributed by atoms with Gasteiger partial charge in [-0.15, -0.1) is 0 Å². The highest BCUT2D eigenvalue weighted by Gasteiger charge is 2.27. The Balaban J connectivity index is 1.73. The van der Waals surface area contributed by atoms with Gasteiger partial charge in [0.25, 0.3) is 5.91 Å². The van der Waals surface area contributed by atoms with Crippen LogP contribution in [-0.2, 0) is 0 Å². The van der Waals surface area contributed by atoms with Gasteiger partial charge in [0.2, 0.25) is 0 Å². The third kappa shape index (κ3) is 3.52. The van der Waals surface area contributed by atoms with Crippen LogP contribution in [0.2, 0.25) is 0 Å². The topological polar surface area (TPSA) is 85.8 Å². The van der Waals surface area contributed by atoms with E-state index in [1.165, 1.54) is 6.42 Å². The average molecular weight is 414 g/mol. The Bertz CT molecular complexity index is 1280. The second kappa shape index (κ2) is 7.69. The molecule has 6 nitrogen and oxygen atoms in total. The smallest absolute Gasteiger partial charge is 0.257 e. The number of hydrogen-bond acceptors (Lipinski definition) is 4. The van der Waals surface area contributed by atoms with E-state index in [1.54, 1.807) is 0 Å². The fourth-order valence-electron chi connectivity index (χ4n) is 4.73. The number of hydrogen-bond donors (Lipinski definition) is 2. The molecule has 31 heavy (non-hydrogen) atoms. The van der Waals surface area contributed by atoms with E-state index in [0.717, 1.165) is 53.5 Å². The van der Waals surface area contributed by atoms with Crippen molar-refractivity contribution in [2.45, 2.75) is 52.0 Å². The molecule has 0 spiro atoms. The molecule has 2 aromatic carbocycles. The van der Waals surface area contributed by atoms with E-state index in [4.69, 9.17) is 15.7 Å². The zero-order valence-electron chi connectivity index (χ0n) is 18.0. The maximum absolute atomic E-state index is 13.4. The zero-order chi connectivity index (χ0) is 21.5. The first-order valence-corrected chi connectivity index (χ1v) is 11.0. The molecule has 4 aromatic rings. The molecule has 1 aliphatic carbocycles. The average Bonchev–Trinajstić information content (AvgIpc) is 3.02. The van der Waals surface area contributed by atoms with E-state index < -0.39 is 0 Å². The summed E-state index contributed by atoms with van der Waals surface area (Å²) in [5.74, 6) is 0.214. The van der Waals surface area contributed by atoms with Gasteiger partial charge in [-0.3, -0.25) is 9.36 Å². The molecule has 5 rings (SSSR count). The van der Waals surface area contributed by atoms with Gasteiger partial charge in [-0.05, 0) is 62.1 Å². The lowest BCUT2D eigenvalue weighted by Crippen LogP contribution is -2.36. The van der Waals surface area contributed by atoms with Crippen LogP contribution in [0.4, 0.5) is 5.82 Å². The molecule has 0 atom stereocenters. The summed E-state index contributed by atoms with van der Waals surface area (Å²) in [4.78, 5) is 23.1. The van der Waals surface area contributed by atoms with Crippen molar-refractivity contribution in [1.29, 1.82) is 0 Å². The number of carbonyl (C=O) groups is 1. The molecule has 1 aliphatic rings. The van der Waals surface area contributed by atoms with Crippen LogP contribution in [0, 0.1) is 13.8 Å². The van der Waals surface area contributed by atoms with Gasteiger partial charge in [-0.1, -0.05) is 37.5 Å². The molecule has 1 saturated carbocycles. The first-order chi connectivity index (χ1) is 15.0. The first-order valence-electron chi connectivity index (χ1n) is 11.0. The molecule has 6 heteroatoms. The maximum atomic E-state index is 13.4. The summed E-state index contributed by atoms with van der Waals surface area (Å²) >= 11 is 0. The standard InChI is InChI=1S/C25H27N5O/c1-15-12-16(2)14-18(13-15)30-23(26)21(25(31)27-17-8-4-3-5-9-17)22-24(30)29-20-11-7-6-10-19(20)28-22/h6-7,10-14,17H,3-5,8-9,26H2,1-2H3,(H,27,31). The van der Waals surface area contributed by atoms with Crippen molar-refractivity contribution >= 4 is 33.9 Å². The SMILES string of the molecule is Cc1cc(C)cc(-n2c(N)c(C(=O)NC3CCCCC3)c3nc4ccccc4nc32)c1. The minimum atomic E-state index is -0.165. The minimum absolute atomic E-state index is 0.165. The Hall–Kier alpha value is -3.41. The number of rotatable bonds is 3. The largest absolute Gasteiger partial charge is 0.384 e. The number of nitrogens with zero attached hydrogens (tertiary/aromatic N) is 3. The van der Waals surface area contributed by atoms with Crippen molar-refractivity contribution in [3.8, 4) is 5.69 Å². The van der Waals surface area contributed by atoms with Gasteiger partial charge < -0.3 is 11.1 Å². The molecule has 158 valence electrons. The van der Waals surface area contributed by atoms with Crippen LogP contribution < -0.4 is 11.1 Å². The highest BCUT2D eigenvalue weighted by Crippen LogP contribution is 2.32. The summed E-state index contributed by atoms with van der Waals surface area (Å²) in [5, 5.41) is 3.20. The van der Waals surface area contributed by atoms with Gasteiger partial charge in [-0.25, -0.2) is 9.97 Å². The number of para-hydroxylation sites is 2. The molecule has 0 bridgehead atoms. The fraction of sp³-hybridized carbons (Fsp3) is 0.320. The van der Waals surface area contributed by atoms with Gasteiger partial charge in [0.05, 0.1) is 11.0 Å². The number of fused-ring (bicyclic) bond motifs is 2. The Kier molecular flexibility index (Phi) is 4.85.